The highest BCUT2D eigenvalue weighted by Gasteiger charge is 2.33. The average Bonchev–Trinajstić information content (AvgIpc) is 2.96. The first-order chi connectivity index (χ1) is 19.1. The van der Waals surface area contributed by atoms with E-state index in [2.05, 4.69) is 5.32 Å². The van der Waals surface area contributed by atoms with Crippen LogP contribution in [0.15, 0.2) is 77.7 Å². The van der Waals surface area contributed by atoms with Crippen LogP contribution in [-0.4, -0.2) is 51.4 Å². The number of benzene rings is 3. The number of amides is 2. The standard InChI is InChI=1S/C29H33Cl2N3O5S/c1-4-17-32-29(36)27(5-2)33(19-21-11-14-23(39-3)15-12-21)28(35)20-34(22-13-16-25(30)26(31)18-22)40(37,38)24-9-7-6-8-10-24/h6-16,18,27H,4-5,17,19-20H2,1-3H3,(H,32,36). The normalized spacial score (nSPS) is 11.9. The molecule has 0 aliphatic carbocycles. The summed E-state index contributed by atoms with van der Waals surface area (Å²) in [5.74, 6) is -0.216. The number of sulfonamides is 1. The maximum absolute atomic E-state index is 14.0. The van der Waals surface area contributed by atoms with Crippen LogP contribution < -0.4 is 14.4 Å². The van der Waals surface area contributed by atoms with Gasteiger partial charge in [0, 0.05) is 13.1 Å². The number of nitrogens with one attached hydrogen (secondary N) is 1. The molecule has 40 heavy (non-hydrogen) atoms. The van der Waals surface area contributed by atoms with Crippen molar-refractivity contribution in [2.75, 3.05) is 24.5 Å². The molecule has 214 valence electrons. The summed E-state index contributed by atoms with van der Waals surface area (Å²) in [4.78, 5) is 28.6. The number of nitrogens with zero attached hydrogens (tertiary/aromatic N) is 2. The minimum absolute atomic E-state index is 0.00306. The molecule has 0 saturated carbocycles. The van der Waals surface area contributed by atoms with Gasteiger partial charge in [-0.3, -0.25) is 13.9 Å². The summed E-state index contributed by atoms with van der Waals surface area (Å²) in [6.45, 7) is 3.72. The minimum Gasteiger partial charge on any atom is -0.497 e. The van der Waals surface area contributed by atoms with E-state index in [0.717, 1.165) is 16.3 Å². The van der Waals surface area contributed by atoms with Crippen LogP contribution in [0.4, 0.5) is 5.69 Å². The van der Waals surface area contributed by atoms with Gasteiger partial charge >= 0.3 is 0 Å². The molecular weight excluding hydrogens is 573 g/mol. The number of hydrogen-bond donors (Lipinski definition) is 1. The van der Waals surface area contributed by atoms with E-state index in [1.54, 1.807) is 49.6 Å². The van der Waals surface area contributed by atoms with E-state index in [-0.39, 0.29) is 33.1 Å². The summed E-state index contributed by atoms with van der Waals surface area (Å²) < 4.78 is 33.9. The van der Waals surface area contributed by atoms with Gasteiger partial charge in [0.15, 0.2) is 0 Å². The van der Waals surface area contributed by atoms with Crippen molar-refractivity contribution < 1.29 is 22.7 Å². The van der Waals surface area contributed by atoms with Gasteiger partial charge in [0.25, 0.3) is 10.0 Å². The highest BCUT2D eigenvalue weighted by Crippen LogP contribution is 2.31. The molecule has 8 nitrogen and oxygen atoms in total. The Morgan fingerprint density at radius 2 is 1.62 bits per heavy atom. The highest BCUT2D eigenvalue weighted by atomic mass is 35.5. The molecule has 0 heterocycles. The third kappa shape index (κ3) is 7.68. The summed E-state index contributed by atoms with van der Waals surface area (Å²) >= 11 is 12.3. The maximum atomic E-state index is 14.0. The first-order valence-corrected chi connectivity index (χ1v) is 15.0. The maximum Gasteiger partial charge on any atom is 0.264 e. The Morgan fingerprint density at radius 3 is 2.20 bits per heavy atom. The monoisotopic (exact) mass is 605 g/mol. The predicted molar refractivity (Wildman–Crippen MR) is 158 cm³/mol. The van der Waals surface area contributed by atoms with Gasteiger partial charge < -0.3 is 15.0 Å². The van der Waals surface area contributed by atoms with Crippen LogP contribution in [0.25, 0.3) is 0 Å². The molecule has 2 amide bonds. The number of halogens is 2. The van der Waals surface area contributed by atoms with E-state index in [0.29, 0.717) is 18.7 Å². The first-order valence-electron chi connectivity index (χ1n) is 12.8. The fourth-order valence-corrected chi connectivity index (χ4v) is 5.82. The Morgan fingerprint density at radius 1 is 0.950 bits per heavy atom. The predicted octanol–water partition coefficient (Wildman–Crippen LogP) is 5.53. The van der Waals surface area contributed by atoms with Crippen molar-refractivity contribution in [3.05, 3.63) is 88.4 Å². The quantitative estimate of drug-likeness (QED) is 0.276. The van der Waals surface area contributed by atoms with Crippen molar-refractivity contribution in [3.8, 4) is 5.75 Å². The van der Waals surface area contributed by atoms with Gasteiger partial charge in [0.1, 0.15) is 18.3 Å². The number of anilines is 1. The second kappa shape index (κ2) is 14.4. The first kappa shape index (κ1) is 31.3. The van der Waals surface area contributed by atoms with Crippen LogP contribution in [-0.2, 0) is 26.2 Å². The van der Waals surface area contributed by atoms with Crippen LogP contribution in [0, 0.1) is 0 Å². The lowest BCUT2D eigenvalue weighted by atomic mass is 10.1. The van der Waals surface area contributed by atoms with E-state index in [1.165, 1.54) is 35.2 Å². The van der Waals surface area contributed by atoms with E-state index in [1.807, 2.05) is 13.8 Å². The number of carbonyl (C=O) groups is 2. The van der Waals surface area contributed by atoms with E-state index < -0.39 is 28.5 Å². The summed E-state index contributed by atoms with van der Waals surface area (Å²) in [7, 11) is -2.64. The largest absolute Gasteiger partial charge is 0.497 e. The van der Waals surface area contributed by atoms with Crippen molar-refractivity contribution in [2.45, 2.75) is 44.2 Å². The third-order valence-electron chi connectivity index (χ3n) is 6.25. The number of hydrogen-bond acceptors (Lipinski definition) is 5. The fourth-order valence-electron chi connectivity index (χ4n) is 4.10. The topological polar surface area (TPSA) is 96.0 Å². The minimum atomic E-state index is -4.19. The summed E-state index contributed by atoms with van der Waals surface area (Å²) in [5.41, 5.74) is 0.919. The Labute approximate surface area is 245 Å². The molecule has 0 fully saturated rings. The molecule has 3 rings (SSSR count). The van der Waals surface area contributed by atoms with Crippen LogP contribution >= 0.6 is 23.2 Å². The van der Waals surface area contributed by atoms with Crippen molar-refractivity contribution in [2.24, 2.45) is 0 Å². The van der Waals surface area contributed by atoms with E-state index >= 15 is 0 Å². The zero-order valence-corrected chi connectivity index (χ0v) is 25.0. The van der Waals surface area contributed by atoms with Gasteiger partial charge in [-0.1, -0.05) is 67.4 Å². The molecule has 1 unspecified atom stereocenters. The lowest BCUT2D eigenvalue weighted by Crippen LogP contribution is -2.52. The number of methoxy groups -OCH3 is 1. The van der Waals surface area contributed by atoms with E-state index in [4.69, 9.17) is 27.9 Å². The molecule has 3 aromatic carbocycles. The second-order valence-corrected chi connectivity index (χ2v) is 11.7. The number of carbonyl (C=O) groups excluding carboxylic acids is 2. The van der Waals surface area contributed by atoms with Gasteiger partial charge in [-0.15, -0.1) is 0 Å². The molecule has 0 spiro atoms. The van der Waals surface area contributed by atoms with Crippen LogP contribution in [0.1, 0.15) is 32.3 Å². The van der Waals surface area contributed by atoms with Gasteiger partial charge in [0.2, 0.25) is 11.8 Å². The second-order valence-electron chi connectivity index (χ2n) is 9.01. The lowest BCUT2D eigenvalue weighted by Gasteiger charge is -2.33. The molecule has 0 radical (unpaired) electrons. The zero-order chi connectivity index (χ0) is 29.3. The molecule has 0 aromatic heterocycles. The molecule has 3 aromatic rings. The SMILES string of the molecule is CCCNC(=O)C(CC)N(Cc1ccc(OC)cc1)C(=O)CN(c1ccc(Cl)c(Cl)c1)S(=O)(=O)c1ccccc1. The van der Waals surface area contributed by atoms with Crippen molar-refractivity contribution in [1.82, 2.24) is 10.2 Å². The molecule has 1 N–H and O–H groups in total. The molecule has 0 aliphatic heterocycles. The molecule has 1 atom stereocenters. The van der Waals surface area contributed by atoms with Crippen LogP contribution in [0.2, 0.25) is 10.0 Å². The van der Waals surface area contributed by atoms with Gasteiger partial charge in [-0.2, -0.15) is 0 Å². The molecule has 11 heteroatoms. The van der Waals surface area contributed by atoms with E-state index in [9.17, 15) is 18.0 Å². The van der Waals surface area contributed by atoms with Crippen molar-refractivity contribution >= 4 is 50.7 Å². The molecule has 0 aliphatic rings. The average molecular weight is 607 g/mol. The smallest absolute Gasteiger partial charge is 0.264 e. The third-order valence-corrected chi connectivity index (χ3v) is 8.78. The Balaban J connectivity index is 2.05. The number of ether oxygens (including phenoxy) is 1. The van der Waals surface area contributed by atoms with Crippen molar-refractivity contribution in [1.29, 1.82) is 0 Å². The van der Waals surface area contributed by atoms with Crippen LogP contribution in [0.5, 0.6) is 5.75 Å². The van der Waals surface area contributed by atoms with Crippen molar-refractivity contribution in [3.63, 3.8) is 0 Å². The number of rotatable bonds is 13. The summed E-state index contributed by atoms with van der Waals surface area (Å²) in [6, 6.07) is 18.5. The molecule has 0 bridgehead atoms. The summed E-state index contributed by atoms with van der Waals surface area (Å²) in [6.07, 6.45) is 1.06. The molecular formula is C29H33Cl2N3O5S. The molecule has 0 saturated heterocycles. The fraction of sp³-hybridized carbons (Fsp3) is 0.310. The Hall–Kier alpha value is -3.27. The Bertz CT molecular complexity index is 1400. The van der Waals surface area contributed by atoms with Gasteiger partial charge in [0.05, 0.1) is 27.7 Å². The zero-order valence-electron chi connectivity index (χ0n) is 22.6. The lowest BCUT2D eigenvalue weighted by molar-refractivity contribution is -0.140. The van der Waals surface area contributed by atoms with Crippen LogP contribution in [0.3, 0.4) is 0 Å². The highest BCUT2D eigenvalue weighted by molar-refractivity contribution is 7.92. The van der Waals surface area contributed by atoms with Gasteiger partial charge in [-0.05, 0) is 60.9 Å². The van der Waals surface area contributed by atoms with Gasteiger partial charge in [-0.25, -0.2) is 8.42 Å². The Kier molecular flexibility index (Phi) is 11.2. The summed E-state index contributed by atoms with van der Waals surface area (Å²) in [5, 5.41) is 3.24.